The van der Waals surface area contributed by atoms with Crippen molar-refractivity contribution in [2.75, 3.05) is 0 Å². The van der Waals surface area contributed by atoms with Crippen LogP contribution < -0.4 is 0 Å². The van der Waals surface area contributed by atoms with Gasteiger partial charge in [0.05, 0.1) is 11.4 Å². The van der Waals surface area contributed by atoms with E-state index in [1.54, 1.807) is 0 Å². The second kappa shape index (κ2) is 6.72. The highest BCUT2D eigenvalue weighted by molar-refractivity contribution is 9.10. The van der Waals surface area contributed by atoms with Crippen molar-refractivity contribution in [3.05, 3.63) is 69.7 Å². The molecule has 2 aromatic carbocycles. The summed E-state index contributed by atoms with van der Waals surface area (Å²) in [6.07, 6.45) is 0. The Labute approximate surface area is 158 Å². The van der Waals surface area contributed by atoms with E-state index < -0.39 is 0 Å². The number of allylic oxidation sites excluding steroid dienone is 2. The number of rotatable bonds is 1. The van der Waals surface area contributed by atoms with Gasteiger partial charge in [0.2, 0.25) is 0 Å². The van der Waals surface area contributed by atoms with Gasteiger partial charge in [-0.2, -0.15) is 0 Å². The van der Waals surface area contributed by atoms with Crippen LogP contribution in [0.3, 0.4) is 0 Å². The number of hydrogen-bond acceptors (Lipinski definition) is 2. The van der Waals surface area contributed by atoms with Crippen LogP contribution in [0.4, 0.5) is 5.69 Å². The van der Waals surface area contributed by atoms with E-state index in [9.17, 15) is 0 Å². The van der Waals surface area contributed by atoms with Crippen LogP contribution in [0.25, 0.3) is 5.57 Å². The largest absolute Gasteiger partial charge is 0.232 e. The standard InChI is InChI=1S/C22H23BrN2/c1-14(2)19-17-13-16(23)11-12-18(17)24-21(22(3,4)5)25-20(19)15-9-7-6-8-10-15/h6-13H,1-5H3. The summed E-state index contributed by atoms with van der Waals surface area (Å²) in [5.74, 6) is 0.853. The van der Waals surface area contributed by atoms with Gasteiger partial charge in [-0.15, -0.1) is 0 Å². The molecule has 2 aromatic rings. The van der Waals surface area contributed by atoms with Crippen LogP contribution in [0.2, 0.25) is 0 Å². The van der Waals surface area contributed by atoms with Crippen LogP contribution in [-0.4, -0.2) is 11.5 Å². The first-order valence-electron chi connectivity index (χ1n) is 8.48. The monoisotopic (exact) mass is 394 g/mol. The zero-order valence-electron chi connectivity index (χ0n) is 15.4. The molecule has 25 heavy (non-hydrogen) atoms. The van der Waals surface area contributed by atoms with Crippen molar-refractivity contribution in [3.8, 4) is 0 Å². The van der Waals surface area contributed by atoms with E-state index >= 15 is 0 Å². The molecule has 0 aromatic heterocycles. The normalized spacial score (nSPS) is 14.4. The fourth-order valence-corrected chi connectivity index (χ4v) is 3.24. The predicted octanol–water partition coefficient (Wildman–Crippen LogP) is 6.82. The fourth-order valence-electron chi connectivity index (χ4n) is 2.88. The molecule has 3 rings (SSSR count). The first-order chi connectivity index (χ1) is 11.8. The average molecular weight is 395 g/mol. The lowest BCUT2D eigenvalue weighted by Gasteiger charge is -2.18. The Balaban J connectivity index is 2.38. The molecule has 128 valence electrons. The van der Waals surface area contributed by atoms with Crippen molar-refractivity contribution in [2.45, 2.75) is 34.6 Å². The van der Waals surface area contributed by atoms with E-state index in [1.807, 2.05) is 12.1 Å². The van der Waals surface area contributed by atoms with Gasteiger partial charge in [0.25, 0.3) is 0 Å². The maximum absolute atomic E-state index is 5.06. The second-order valence-corrected chi connectivity index (χ2v) is 8.46. The van der Waals surface area contributed by atoms with E-state index in [2.05, 4.69) is 86.9 Å². The van der Waals surface area contributed by atoms with Gasteiger partial charge in [-0.25, -0.2) is 9.98 Å². The van der Waals surface area contributed by atoms with Crippen molar-refractivity contribution >= 4 is 38.7 Å². The Bertz CT molecular complexity index is 893. The quantitative estimate of drug-likeness (QED) is 0.506. The number of fused-ring (bicyclic) bond motifs is 1. The number of aliphatic imine (C=N–C) groups is 2. The maximum Gasteiger partial charge on any atom is 0.135 e. The lowest BCUT2D eigenvalue weighted by atomic mass is 9.91. The molecule has 0 amide bonds. The molecule has 1 aliphatic heterocycles. The smallest absolute Gasteiger partial charge is 0.135 e. The molecule has 0 fully saturated rings. The molecule has 1 heterocycles. The second-order valence-electron chi connectivity index (χ2n) is 7.55. The van der Waals surface area contributed by atoms with Crippen LogP contribution in [0.1, 0.15) is 45.7 Å². The molecule has 0 unspecified atom stereocenters. The van der Waals surface area contributed by atoms with Crippen molar-refractivity contribution in [1.82, 2.24) is 0 Å². The number of benzene rings is 2. The van der Waals surface area contributed by atoms with Gasteiger partial charge >= 0.3 is 0 Å². The van der Waals surface area contributed by atoms with Gasteiger partial charge in [0, 0.05) is 26.6 Å². The summed E-state index contributed by atoms with van der Waals surface area (Å²) in [6.45, 7) is 10.7. The number of hydrogen-bond donors (Lipinski definition) is 0. The summed E-state index contributed by atoms with van der Waals surface area (Å²) in [5, 5.41) is 0. The SMILES string of the molecule is CC(C)=C1C(c2ccccc2)=NC(C(C)(C)C)=Nc2ccc(Br)cc21. The van der Waals surface area contributed by atoms with Gasteiger partial charge in [-0.1, -0.05) is 72.6 Å². The maximum atomic E-state index is 5.06. The summed E-state index contributed by atoms with van der Waals surface area (Å²) < 4.78 is 1.05. The Morgan fingerprint density at radius 3 is 2.20 bits per heavy atom. The summed E-state index contributed by atoms with van der Waals surface area (Å²) in [6, 6.07) is 16.6. The zero-order valence-corrected chi connectivity index (χ0v) is 17.0. The van der Waals surface area contributed by atoms with Crippen molar-refractivity contribution < 1.29 is 0 Å². The molecular weight excluding hydrogens is 372 g/mol. The summed E-state index contributed by atoms with van der Waals surface area (Å²) >= 11 is 3.61. The lowest BCUT2D eigenvalue weighted by Crippen LogP contribution is -2.20. The first kappa shape index (κ1) is 17.8. The molecule has 0 saturated carbocycles. The molecule has 1 aliphatic rings. The zero-order chi connectivity index (χ0) is 18.2. The Morgan fingerprint density at radius 2 is 1.60 bits per heavy atom. The molecule has 0 bridgehead atoms. The summed E-state index contributed by atoms with van der Waals surface area (Å²) in [5.41, 5.74) is 6.45. The topological polar surface area (TPSA) is 24.7 Å². The van der Waals surface area contributed by atoms with Crippen LogP contribution in [0, 0.1) is 5.41 Å². The van der Waals surface area contributed by atoms with Gasteiger partial charge < -0.3 is 0 Å². The third kappa shape index (κ3) is 3.67. The molecule has 0 radical (unpaired) electrons. The molecule has 0 aliphatic carbocycles. The van der Waals surface area contributed by atoms with Crippen LogP contribution >= 0.6 is 15.9 Å². The third-order valence-corrected chi connectivity index (χ3v) is 4.62. The highest BCUT2D eigenvalue weighted by Crippen LogP contribution is 2.38. The first-order valence-corrected chi connectivity index (χ1v) is 9.28. The number of halogens is 1. The van der Waals surface area contributed by atoms with E-state index in [0.29, 0.717) is 0 Å². The van der Waals surface area contributed by atoms with Crippen molar-refractivity contribution in [2.24, 2.45) is 15.4 Å². The molecule has 0 atom stereocenters. The average Bonchev–Trinajstić information content (AvgIpc) is 2.72. The van der Waals surface area contributed by atoms with Crippen LogP contribution in [0.15, 0.2) is 68.6 Å². The van der Waals surface area contributed by atoms with Gasteiger partial charge in [0.15, 0.2) is 0 Å². The minimum atomic E-state index is -0.137. The van der Waals surface area contributed by atoms with Gasteiger partial charge in [0.1, 0.15) is 5.84 Å². The van der Waals surface area contributed by atoms with E-state index in [0.717, 1.165) is 38.4 Å². The minimum absolute atomic E-state index is 0.137. The Hall–Kier alpha value is -2.00. The van der Waals surface area contributed by atoms with Crippen LogP contribution in [0.5, 0.6) is 0 Å². The van der Waals surface area contributed by atoms with Crippen LogP contribution in [-0.2, 0) is 0 Å². The van der Waals surface area contributed by atoms with E-state index in [1.165, 1.54) is 5.57 Å². The highest BCUT2D eigenvalue weighted by Gasteiger charge is 2.26. The van der Waals surface area contributed by atoms with E-state index in [4.69, 9.17) is 9.98 Å². The molecule has 0 saturated heterocycles. The molecule has 0 N–H and O–H groups in total. The summed E-state index contributed by atoms with van der Waals surface area (Å²) in [4.78, 5) is 9.99. The fraction of sp³-hybridized carbons (Fsp3) is 0.273. The molecule has 3 heteroatoms. The number of amidine groups is 1. The minimum Gasteiger partial charge on any atom is -0.232 e. The van der Waals surface area contributed by atoms with Gasteiger partial charge in [-0.3, -0.25) is 0 Å². The molecule has 2 nitrogen and oxygen atoms in total. The molecule has 0 spiro atoms. The predicted molar refractivity (Wildman–Crippen MR) is 112 cm³/mol. The Morgan fingerprint density at radius 1 is 0.920 bits per heavy atom. The highest BCUT2D eigenvalue weighted by atomic mass is 79.9. The lowest BCUT2D eigenvalue weighted by molar-refractivity contribution is 0.586. The summed E-state index contributed by atoms with van der Waals surface area (Å²) in [7, 11) is 0. The van der Waals surface area contributed by atoms with Crippen molar-refractivity contribution in [3.63, 3.8) is 0 Å². The van der Waals surface area contributed by atoms with Gasteiger partial charge in [-0.05, 0) is 32.0 Å². The third-order valence-electron chi connectivity index (χ3n) is 4.13. The Kier molecular flexibility index (Phi) is 4.79. The number of nitrogens with zero attached hydrogens (tertiary/aromatic N) is 2. The molecular formula is C22H23BrN2. The van der Waals surface area contributed by atoms with E-state index in [-0.39, 0.29) is 5.41 Å². The van der Waals surface area contributed by atoms with Crippen molar-refractivity contribution in [1.29, 1.82) is 0 Å².